The number of hydrogen-bond donors (Lipinski definition) is 1. The molecular formula is C10H17ClO6S. The third-order valence-corrected chi connectivity index (χ3v) is 2.98. The van der Waals surface area contributed by atoms with Gasteiger partial charge in [0.05, 0.1) is 0 Å². The third kappa shape index (κ3) is 3.74. The Balaban J connectivity index is 2.73. The number of hydrogen-bond acceptors (Lipinski definition) is 7. The fraction of sp³-hybridized carbons (Fsp3) is 0.900. The first-order valence-corrected chi connectivity index (χ1v) is 6.08. The van der Waals surface area contributed by atoms with Crippen molar-refractivity contribution in [2.24, 2.45) is 0 Å². The van der Waals surface area contributed by atoms with E-state index in [0.717, 1.165) is 0 Å². The average molecular weight is 301 g/mol. The summed E-state index contributed by atoms with van der Waals surface area (Å²) in [6.45, 7) is 0.0135. The zero-order valence-corrected chi connectivity index (χ0v) is 11.9. The summed E-state index contributed by atoms with van der Waals surface area (Å²) in [7, 11) is 4.44. The fourth-order valence-corrected chi connectivity index (χ4v) is 2.02. The van der Waals surface area contributed by atoms with Gasteiger partial charge in [0.2, 0.25) is 0 Å². The minimum Gasteiger partial charge on any atom is -0.472 e. The van der Waals surface area contributed by atoms with Crippen LogP contribution in [0.3, 0.4) is 0 Å². The quantitative estimate of drug-likeness (QED) is 0.578. The predicted molar refractivity (Wildman–Crippen MR) is 67.7 cm³/mol. The lowest BCUT2D eigenvalue weighted by Crippen LogP contribution is -2.60. The molecule has 0 aromatic carbocycles. The van der Waals surface area contributed by atoms with Gasteiger partial charge in [-0.3, -0.25) is 0 Å². The van der Waals surface area contributed by atoms with E-state index in [2.05, 4.69) is 12.2 Å². The molecule has 0 aromatic heterocycles. The van der Waals surface area contributed by atoms with Crippen molar-refractivity contribution in [2.45, 2.75) is 30.7 Å². The smallest absolute Gasteiger partial charge is 0.255 e. The van der Waals surface area contributed by atoms with E-state index in [1.807, 2.05) is 0 Å². The standard InChI is InChI=1S/C10H17ClO6S/c1-13-7-6(12)5(4-16-10(11)18)17-9(15-3)8(7)14-2/h5-9,12H,4H2,1-3H3/t5-,6-,7+,8-,9+/m1/s1. The third-order valence-electron chi connectivity index (χ3n) is 2.76. The average Bonchev–Trinajstić information content (AvgIpc) is 2.36. The SMILES string of the molecule is CO[C@H]1O[C@H](COC(=S)Cl)[C@@H](O)[C@H](OC)[C@H]1OC. The van der Waals surface area contributed by atoms with E-state index in [-0.39, 0.29) is 11.1 Å². The van der Waals surface area contributed by atoms with Crippen molar-refractivity contribution in [2.75, 3.05) is 27.9 Å². The lowest BCUT2D eigenvalue weighted by Gasteiger charge is -2.42. The lowest BCUT2D eigenvalue weighted by molar-refractivity contribution is -0.302. The first kappa shape index (κ1) is 16.0. The molecule has 18 heavy (non-hydrogen) atoms. The van der Waals surface area contributed by atoms with Gasteiger partial charge in [0, 0.05) is 21.3 Å². The van der Waals surface area contributed by atoms with Crippen molar-refractivity contribution in [3.05, 3.63) is 0 Å². The highest BCUT2D eigenvalue weighted by molar-refractivity contribution is 7.82. The van der Waals surface area contributed by atoms with Gasteiger partial charge >= 0.3 is 0 Å². The molecule has 0 aliphatic carbocycles. The molecule has 1 saturated heterocycles. The molecule has 1 aliphatic heterocycles. The zero-order chi connectivity index (χ0) is 13.7. The van der Waals surface area contributed by atoms with Crippen molar-refractivity contribution in [1.29, 1.82) is 0 Å². The second-order valence-corrected chi connectivity index (χ2v) is 4.66. The topological polar surface area (TPSA) is 66.4 Å². The molecule has 0 bridgehead atoms. The maximum atomic E-state index is 10.1. The van der Waals surface area contributed by atoms with E-state index in [9.17, 15) is 5.11 Å². The molecule has 1 fully saturated rings. The summed E-state index contributed by atoms with van der Waals surface area (Å²) in [4.78, 5) is 0. The highest BCUT2D eigenvalue weighted by Crippen LogP contribution is 2.25. The minimum absolute atomic E-state index is 0.0135. The second-order valence-electron chi connectivity index (χ2n) is 3.72. The first-order valence-electron chi connectivity index (χ1n) is 5.29. The first-order chi connectivity index (χ1) is 8.54. The summed E-state index contributed by atoms with van der Waals surface area (Å²) >= 11 is 10.0. The predicted octanol–water partition coefficient (Wildman–Crippen LogP) is 0.289. The summed E-state index contributed by atoms with van der Waals surface area (Å²) in [6, 6.07) is 0. The minimum atomic E-state index is -0.933. The van der Waals surface area contributed by atoms with Crippen molar-refractivity contribution in [3.8, 4) is 0 Å². The van der Waals surface area contributed by atoms with Crippen LogP contribution in [0.4, 0.5) is 0 Å². The van der Waals surface area contributed by atoms with Crippen LogP contribution >= 0.6 is 23.8 Å². The van der Waals surface area contributed by atoms with Crippen LogP contribution in [-0.4, -0.2) is 68.3 Å². The molecule has 6 nitrogen and oxygen atoms in total. The van der Waals surface area contributed by atoms with Gasteiger partial charge in [-0.1, -0.05) is 0 Å². The van der Waals surface area contributed by atoms with E-state index in [0.29, 0.717) is 0 Å². The van der Waals surface area contributed by atoms with Gasteiger partial charge in [-0.05, 0) is 23.8 Å². The normalized spacial score (nSPS) is 36.4. The fourth-order valence-electron chi connectivity index (χ4n) is 1.88. The molecule has 106 valence electrons. The van der Waals surface area contributed by atoms with Gasteiger partial charge in [0.25, 0.3) is 4.51 Å². The molecule has 1 rings (SSSR count). The van der Waals surface area contributed by atoms with Crippen LogP contribution < -0.4 is 0 Å². The molecule has 1 aliphatic rings. The number of halogens is 1. The molecular weight excluding hydrogens is 284 g/mol. The number of ether oxygens (including phenoxy) is 5. The Kier molecular flexibility index (Phi) is 6.72. The van der Waals surface area contributed by atoms with Crippen LogP contribution in [0, 0.1) is 0 Å². The highest BCUT2D eigenvalue weighted by Gasteiger charge is 2.46. The van der Waals surface area contributed by atoms with Gasteiger partial charge in [0.1, 0.15) is 31.0 Å². The van der Waals surface area contributed by atoms with Crippen molar-refractivity contribution >= 4 is 28.3 Å². The Morgan fingerprint density at radius 2 is 1.83 bits per heavy atom. The second kappa shape index (κ2) is 7.54. The maximum Gasteiger partial charge on any atom is 0.255 e. The number of thiocarbonyl (C=S) groups is 1. The Labute approximate surface area is 116 Å². The van der Waals surface area contributed by atoms with Crippen LogP contribution in [-0.2, 0) is 23.7 Å². The number of methoxy groups -OCH3 is 3. The van der Waals surface area contributed by atoms with Crippen LogP contribution in [0.5, 0.6) is 0 Å². The Morgan fingerprint density at radius 1 is 1.22 bits per heavy atom. The van der Waals surface area contributed by atoms with Crippen LogP contribution in [0.1, 0.15) is 0 Å². The van der Waals surface area contributed by atoms with E-state index < -0.39 is 30.7 Å². The van der Waals surface area contributed by atoms with E-state index in [1.165, 1.54) is 21.3 Å². The van der Waals surface area contributed by atoms with E-state index >= 15 is 0 Å². The Hall–Kier alpha value is -0.0200. The van der Waals surface area contributed by atoms with Gasteiger partial charge in [-0.15, -0.1) is 0 Å². The lowest BCUT2D eigenvalue weighted by atomic mass is 9.99. The molecule has 1 N–H and O–H groups in total. The van der Waals surface area contributed by atoms with Crippen LogP contribution in [0.25, 0.3) is 0 Å². The Morgan fingerprint density at radius 3 is 2.28 bits per heavy atom. The Bertz CT molecular complexity index is 279. The van der Waals surface area contributed by atoms with Gasteiger partial charge in [-0.25, -0.2) is 0 Å². The van der Waals surface area contributed by atoms with Gasteiger partial charge < -0.3 is 28.8 Å². The highest BCUT2D eigenvalue weighted by atomic mass is 35.5. The molecule has 0 unspecified atom stereocenters. The summed E-state index contributed by atoms with van der Waals surface area (Å²) in [5.41, 5.74) is 0. The monoisotopic (exact) mass is 300 g/mol. The number of aliphatic hydroxyl groups excluding tert-OH is 1. The molecule has 0 spiro atoms. The number of rotatable bonds is 5. The zero-order valence-electron chi connectivity index (χ0n) is 10.4. The van der Waals surface area contributed by atoms with E-state index in [4.69, 9.17) is 35.3 Å². The molecule has 0 radical (unpaired) electrons. The summed E-state index contributed by atoms with van der Waals surface area (Å²) in [6.07, 6.45) is -3.39. The van der Waals surface area contributed by atoms with Crippen molar-refractivity contribution in [3.63, 3.8) is 0 Å². The van der Waals surface area contributed by atoms with Crippen molar-refractivity contribution in [1.82, 2.24) is 0 Å². The molecule has 1 heterocycles. The van der Waals surface area contributed by atoms with Crippen molar-refractivity contribution < 1.29 is 28.8 Å². The van der Waals surface area contributed by atoms with E-state index in [1.54, 1.807) is 0 Å². The van der Waals surface area contributed by atoms with Gasteiger partial charge in [-0.2, -0.15) is 0 Å². The van der Waals surface area contributed by atoms with Crippen LogP contribution in [0.15, 0.2) is 0 Å². The molecule has 5 atom stereocenters. The summed E-state index contributed by atoms with van der Waals surface area (Å²) in [5.74, 6) is 0. The largest absolute Gasteiger partial charge is 0.472 e. The van der Waals surface area contributed by atoms with Gasteiger partial charge in [0.15, 0.2) is 6.29 Å². The summed E-state index contributed by atoms with van der Waals surface area (Å²) < 4.78 is 25.9. The molecule has 8 heteroatoms. The molecule has 0 saturated carbocycles. The van der Waals surface area contributed by atoms with Crippen LogP contribution in [0.2, 0.25) is 0 Å². The molecule has 0 amide bonds. The number of aliphatic hydroxyl groups is 1. The molecule has 0 aromatic rings. The summed E-state index contributed by atoms with van der Waals surface area (Å²) in [5, 5.41) is 10.1. The maximum absolute atomic E-state index is 10.1.